The van der Waals surface area contributed by atoms with E-state index in [1.807, 2.05) is 0 Å². The molecule has 0 saturated carbocycles. The maximum atomic E-state index is 12.0. The van der Waals surface area contributed by atoms with Crippen molar-refractivity contribution in [2.75, 3.05) is 18.8 Å². The van der Waals surface area contributed by atoms with Crippen LogP contribution in [0.4, 0.5) is 5.69 Å². The maximum Gasteiger partial charge on any atom is 0.264 e. The van der Waals surface area contributed by atoms with Crippen molar-refractivity contribution in [2.45, 2.75) is 6.92 Å². The fraction of sp³-hybridized carbons (Fsp3) is 0.250. The molecule has 1 aliphatic rings. The van der Waals surface area contributed by atoms with Crippen LogP contribution in [0.3, 0.4) is 0 Å². The first-order chi connectivity index (χ1) is 8.56. The van der Waals surface area contributed by atoms with Crippen LogP contribution in [-0.4, -0.2) is 35.7 Å². The van der Waals surface area contributed by atoms with Crippen molar-refractivity contribution in [2.24, 2.45) is 0 Å². The van der Waals surface area contributed by atoms with E-state index in [9.17, 15) is 14.4 Å². The monoisotopic (exact) mass is 247 g/mol. The van der Waals surface area contributed by atoms with E-state index in [0.29, 0.717) is 6.54 Å². The molecule has 18 heavy (non-hydrogen) atoms. The molecule has 94 valence electrons. The van der Waals surface area contributed by atoms with Crippen LogP contribution in [0.5, 0.6) is 0 Å². The first-order valence-corrected chi connectivity index (χ1v) is 5.57. The van der Waals surface area contributed by atoms with Crippen LogP contribution >= 0.6 is 0 Å². The number of amides is 3. The molecule has 0 aromatic heterocycles. The van der Waals surface area contributed by atoms with Gasteiger partial charge in [0.15, 0.2) is 0 Å². The van der Waals surface area contributed by atoms with Crippen molar-refractivity contribution >= 4 is 23.4 Å². The van der Waals surface area contributed by atoms with Crippen molar-refractivity contribution < 1.29 is 14.4 Å². The molecule has 3 amide bonds. The van der Waals surface area contributed by atoms with E-state index in [0.717, 1.165) is 4.90 Å². The lowest BCUT2D eigenvalue weighted by molar-refractivity contribution is -0.121. The minimum Gasteiger partial charge on any atom is -0.398 e. The highest BCUT2D eigenvalue weighted by molar-refractivity contribution is 6.24. The van der Waals surface area contributed by atoms with E-state index in [4.69, 9.17) is 5.73 Å². The molecule has 0 saturated heterocycles. The van der Waals surface area contributed by atoms with Gasteiger partial charge in [-0.3, -0.25) is 19.3 Å². The summed E-state index contributed by atoms with van der Waals surface area (Å²) in [6.45, 7) is 1.93. The van der Waals surface area contributed by atoms with Crippen LogP contribution in [0.15, 0.2) is 18.2 Å². The lowest BCUT2D eigenvalue weighted by atomic mass is 10.1. The Labute approximate surface area is 104 Å². The fourth-order valence-corrected chi connectivity index (χ4v) is 1.90. The third-order valence-corrected chi connectivity index (χ3v) is 2.71. The summed E-state index contributed by atoms with van der Waals surface area (Å²) >= 11 is 0. The molecule has 6 heteroatoms. The molecule has 0 spiro atoms. The third kappa shape index (κ3) is 1.81. The van der Waals surface area contributed by atoms with E-state index < -0.39 is 11.8 Å². The number of anilines is 1. The molecule has 3 N–H and O–H groups in total. The summed E-state index contributed by atoms with van der Waals surface area (Å²) in [6, 6.07) is 4.69. The third-order valence-electron chi connectivity index (χ3n) is 2.71. The number of fused-ring (bicyclic) bond motifs is 1. The van der Waals surface area contributed by atoms with Gasteiger partial charge in [0.25, 0.3) is 11.8 Å². The fourth-order valence-electron chi connectivity index (χ4n) is 1.90. The number of benzene rings is 1. The summed E-state index contributed by atoms with van der Waals surface area (Å²) in [5.41, 5.74) is 6.37. The van der Waals surface area contributed by atoms with Gasteiger partial charge in [0.2, 0.25) is 5.91 Å². The number of likely N-dealkylation sites (N-methyl/N-ethyl adjacent to an activating group) is 1. The predicted molar refractivity (Wildman–Crippen MR) is 64.9 cm³/mol. The van der Waals surface area contributed by atoms with Crippen LogP contribution in [0.25, 0.3) is 0 Å². The molecule has 6 nitrogen and oxygen atoms in total. The first kappa shape index (κ1) is 12.1. The topological polar surface area (TPSA) is 92.5 Å². The number of carbonyl (C=O) groups is 3. The number of carbonyl (C=O) groups excluding carboxylic acids is 3. The molecule has 0 aliphatic carbocycles. The molecular weight excluding hydrogens is 234 g/mol. The number of nitrogen functional groups attached to an aromatic ring is 1. The SMILES string of the molecule is CCNC(=O)CN1C(=O)c2cccc(N)c2C1=O. The Kier molecular flexibility index (Phi) is 3.01. The summed E-state index contributed by atoms with van der Waals surface area (Å²) in [4.78, 5) is 36.3. The van der Waals surface area contributed by atoms with E-state index in [-0.39, 0.29) is 29.3 Å². The van der Waals surface area contributed by atoms with Crippen molar-refractivity contribution in [3.05, 3.63) is 29.3 Å². The van der Waals surface area contributed by atoms with E-state index in [2.05, 4.69) is 5.32 Å². The van der Waals surface area contributed by atoms with Crippen LogP contribution in [0, 0.1) is 0 Å². The Morgan fingerprint density at radius 3 is 2.67 bits per heavy atom. The summed E-state index contributed by atoms with van der Waals surface area (Å²) in [6.07, 6.45) is 0. The zero-order chi connectivity index (χ0) is 13.3. The van der Waals surface area contributed by atoms with E-state index >= 15 is 0 Å². The van der Waals surface area contributed by atoms with Crippen molar-refractivity contribution in [1.82, 2.24) is 10.2 Å². The van der Waals surface area contributed by atoms with Crippen LogP contribution < -0.4 is 11.1 Å². The second-order valence-corrected chi connectivity index (χ2v) is 3.92. The molecule has 0 fully saturated rings. The van der Waals surface area contributed by atoms with Gasteiger partial charge in [0.1, 0.15) is 6.54 Å². The van der Waals surface area contributed by atoms with Gasteiger partial charge in [-0.2, -0.15) is 0 Å². The van der Waals surface area contributed by atoms with Gasteiger partial charge in [-0.15, -0.1) is 0 Å². The highest BCUT2D eigenvalue weighted by Crippen LogP contribution is 2.27. The van der Waals surface area contributed by atoms with E-state index in [1.54, 1.807) is 19.1 Å². The molecule has 0 unspecified atom stereocenters. The largest absolute Gasteiger partial charge is 0.398 e. The van der Waals surface area contributed by atoms with Gasteiger partial charge >= 0.3 is 0 Å². The molecular formula is C12H13N3O3. The van der Waals surface area contributed by atoms with Crippen LogP contribution in [0.1, 0.15) is 27.6 Å². The average Bonchev–Trinajstić information content (AvgIpc) is 2.56. The standard InChI is InChI=1S/C12H13N3O3/c1-2-14-9(16)6-15-11(17)7-4-3-5-8(13)10(7)12(15)18/h3-5H,2,6,13H2,1H3,(H,14,16). The summed E-state index contributed by atoms with van der Waals surface area (Å²) in [5.74, 6) is -1.36. The van der Waals surface area contributed by atoms with Gasteiger partial charge in [-0.1, -0.05) is 6.07 Å². The normalized spacial score (nSPS) is 13.7. The Morgan fingerprint density at radius 2 is 2.06 bits per heavy atom. The number of nitrogens with one attached hydrogen (secondary N) is 1. The lowest BCUT2D eigenvalue weighted by Crippen LogP contribution is -2.40. The number of nitrogens with two attached hydrogens (primary N) is 1. The zero-order valence-corrected chi connectivity index (χ0v) is 9.90. The second-order valence-electron chi connectivity index (χ2n) is 3.92. The lowest BCUT2D eigenvalue weighted by Gasteiger charge is -2.12. The highest BCUT2D eigenvalue weighted by atomic mass is 16.2. The first-order valence-electron chi connectivity index (χ1n) is 5.57. The highest BCUT2D eigenvalue weighted by Gasteiger charge is 2.37. The maximum absolute atomic E-state index is 12.0. The minimum atomic E-state index is -0.514. The Bertz CT molecular complexity index is 539. The Balaban J connectivity index is 2.29. The van der Waals surface area contributed by atoms with E-state index in [1.165, 1.54) is 6.07 Å². The number of imide groups is 1. The predicted octanol–water partition coefficient (Wildman–Crippen LogP) is 0.000900. The summed E-state index contributed by atoms with van der Waals surface area (Å²) in [5, 5.41) is 2.54. The van der Waals surface area contributed by atoms with Crippen molar-refractivity contribution in [1.29, 1.82) is 0 Å². The van der Waals surface area contributed by atoms with Gasteiger partial charge in [-0.05, 0) is 19.1 Å². The Morgan fingerprint density at radius 1 is 1.33 bits per heavy atom. The quantitative estimate of drug-likeness (QED) is 0.581. The molecule has 2 rings (SSSR count). The summed E-state index contributed by atoms with van der Waals surface area (Å²) < 4.78 is 0. The zero-order valence-electron chi connectivity index (χ0n) is 9.90. The molecule has 1 heterocycles. The molecule has 1 aliphatic heterocycles. The molecule has 1 aromatic carbocycles. The van der Waals surface area contributed by atoms with Crippen molar-refractivity contribution in [3.63, 3.8) is 0 Å². The number of nitrogens with zero attached hydrogens (tertiary/aromatic N) is 1. The van der Waals surface area contributed by atoms with Gasteiger partial charge in [0.05, 0.1) is 11.1 Å². The van der Waals surface area contributed by atoms with Gasteiger partial charge in [-0.25, -0.2) is 0 Å². The number of hydrogen-bond donors (Lipinski definition) is 2. The number of rotatable bonds is 3. The molecule has 0 atom stereocenters. The summed E-state index contributed by atoms with van der Waals surface area (Å²) in [7, 11) is 0. The molecule has 0 bridgehead atoms. The number of hydrogen-bond acceptors (Lipinski definition) is 4. The molecule has 1 aromatic rings. The Hall–Kier alpha value is -2.37. The van der Waals surface area contributed by atoms with Crippen molar-refractivity contribution in [3.8, 4) is 0 Å². The van der Waals surface area contributed by atoms with Crippen LogP contribution in [-0.2, 0) is 4.79 Å². The van der Waals surface area contributed by atoms with Crippen LogP contribution in [0.2, 0.25) is 0 Å². The van der Waals surface area contributed by atoms with Gasteiger partial charge in [0, 0.05) is 12.2 Å². The minimum absolute atomic E-state index is 0.187. The molecule has 0 radical (unpaired) electrons. The second kappa shape index (κ2) is 4.48. The average molecular weight is 247 g/mol. The smallest absolute Gasteiger partial charge is 0.264 e. The van der Waals surface area contributed by atoms with Gasteiger partial charge < -0.3 is 11.1 Å².